The Labute approximate surface area is 139 Å². The Morgan fingerprint density at radius 3 is 2.32 bits per heavy atom. The molecule has 5 heteroatoms. The lowest BCUT2D eigenvalue weighted by Gasteiger charge is -2.24. The van der Waals surface area contributed by atoms with Crippen LogP contribution in [0.1, 0.15) is 32.1 Å². The van der Waals surface area contributed by atoms with Crippen molar-refractivity contribution in [1.82, 2.24) is 4.90 Å². The minimum atomic E-state index is -0.186. The van der Waals surface area contributed by atoms with Gasteiger partial charge in [0.2, 0.25) is 11.8 Å². The average molecular weight is 365 g/mol. The van der Waals surface area contributed by atoms with E-state index in [1.165, 1.54) is 12.8 Å². The highest BCUT2D eigenvalue weighted by Crippen LogP contribution is 2.28. The number of anilines is 1. The normalized spacial score (nSPS) is 22.8. The maximum Gasteiger partial charge on any atom is 0.228 e. The lowest BCUT2D eigenvalue weighted by atomic mass is 10.1. The van der Waals surface area contributed by atoms with E-state index < -0.39 is 0 Å². The minimum Gasteiger partial charge on any atom is -0.342 e. The zero-order chi connectivity index (χ0) is 15.5. The molecule has 4 nitrogen and oxygen atoms in total. The molecular weight excluding hydrogens is 344 g/mol. The largest absolute Gasteiger partial charge is 0.342 e. The summed E-state index contributed by atoms with van der Waals surface area (Å²) >= 11 is 3.40. The number of carbonyl (C=O) groups excluding carboxylic acids is 2. The average Bonchev–Trinajstić information content (AvgIpc) is 2.74. The summed E-state index contributed by atoms with van der Waals surface area (Å²) in [6.45, 7) is 2.21. The Morgan fingerprint density at radius 1 is 1.05 bits per heavy atom. The van der Waals surface area contributed by atoms with Gasteiger partial charge >= 0.3 is 0 Å². The van der Waals surface area contributed by atoms with Crippen LogP contribution in [0.3, 0.4) is 0 Å². The highest BCUT2D eigenvalue weighted by molar-refractivity contribution is 9.10. The van der Waals surface area contributed by atoms with Crippen molar-refractivity contribution in [3.05, 3.63) is 28.7 Å². The van der Waals surface area contributed by atoms with Crippen LogP contribution in [-0.2, 0) is 9.59 Å². The summed E-state index contributed by atoms with van der Waals surface area (Å²) < 4.78 is 0.986. The Hall–Kier alpha value is -1.36. The van der Waals surface area contributed by atoms with Gasteiger partial charge in [-0.15, -0.1) is 0 Å². The molecule has 2 aliphatic rings. The highest BCUT2D eigenvalue weighted by Gasteiger charge is 2.37. The zero-order valence-corrected chi connectivity index (χ0v) is 14.2. The molecule has 0 radical (unpaired) electrons. The maximum atomic E-state index is 12.7. The Balaban J connectivity index is 1.68. The fraction of sp³-hybridized carbons (Fsp3) is 0.529. The van der Waals surface area contributed by atoms with E-state index in [0.29, 0.717) is 13.0 Å². The molecule has 0 saturated carbocycles. The number of carbonyl (C=O) groups is 2. The predicted molar refractivity (Wildman–Crippen MR) is 89.7 cm³/mol. The van der Waals surface area contributed by atoms with Crippen LogP contribution in [0.2, 0.25) is 0 Å². The number of rotatable bonds is 2. The monoisotopic (exact) mass is 364 g/mol. The van der Waals surface area contributed by atoms with Crippen molar-refractivity contribution in [2.24, 2.45) is 5.92 Å². The van der Waals surface area contributed by atoms with Gasteiger partial charge in [-0.05, 0) is 37.1 Å². The van der Waals surface area contributed by atoms with Crippen molar-refractivity contribution in [1.29, 1.82) is 0 Å². The van der Waals surface area contributed by atoms with Crippen molar-refractivity contribution in [2.75, 3.05) is 24.5 Å². The van der Waals surface area contributed by atoms with Gasteiger partial charge < -0.3 is 9.80 Å². The van der Waals surface area contributed by atoms with Gasteiger partial charge in [-0.2, -0.15) is 0 Å². The predicted octanol–water partition coefficient (Wildman–Crippen LogP) is 3.20. The van der Waals surface area contributed by atoms with E-state index in [4.69, 9.17) is 0 Å². The first-order valence-electron chi connectivity index (χ1n) is 8.00. The van der Waals surface area contributed by atoms with Gasteiger partial charge in [-0.1, -0.05) is 28.8 Å². The van der Waals surface area contributed by atoms with Gasteiger partial charge in [0.1, 0.15) is 0 Å². The molecule has 2 amide bonds. The van der Waals surface area contributed by atoms with Crippen molar-refractivity contribution >= 4 is 33.4 Å². The lowest BCUT2D eigenvalue weighted by Crippen LogP contribution is -2.38. The Kier molecular flexibility index (Phi) is 4.81. The molecular formula is C17H21BrN2O2. The van der Waals surface area contributed by atoms with E-state index >= 15 is 0 Å². The van der Waals surface area contributed by atoms with E-state index in [1.54, 1.807) is 4.90 Å². The lowest BCUT2D eigenvalue weighted by molar-refractivity contribution is -0.135. The second kappa shape index (κ2) is 6.82. The van der Waals surface area contributed by atoms with Crippen LogP contribution in [0.4, 0.5) is 5.69 Å². The van der Waals surface area contributed by atoms with E-state index in [0.717, 1.165) is 36.1 Å². The van der Waals surface area contributed by atoms with E-state index in [-0.39, 0.29) is 17.7 Å². The molecule has 2 saturated heterocycles. The molecule has 2 aliphatic heterocycles. The van der Waals surface area contributed by atoms with Crippen LogP contribution >= 0.6 is 15.9 Å². The smallest absolute Gasteiger partial charge is 0.228 e. The van der Waals surface area contributed by atoms with Gasteiger partial charge in [0.05, 0.1) is 5.92 Å². The van der Waals surface area contributed by atoms with Gasteiger partial charge in [0.25, 0.3) is 0 Å². The molecule has 2 fully saturated rings. The number of benzene rings is 1. The zero-order valence-electron chi connectivity index (χ0n) is 12.6. The summed E-state index contributed by atoms with van der Waals surface area (Å²) in [6.07, 6.45) is 4.92. The molecule has 3 rings (SSSR count). The minimum absolute atomic E-state index is 0.0514. The standard InChI is InChI=1S/C17H21BrN2O2/c18-14-5-7-15(8-6-14)20-12-13(11-16(20)21)17(22)19-9-3-1-2-4-10-19/h5-8,13H,1-4,9-12H2. The number of amides is 2. The topological polar surface area (TPSA) is 40.6 Å². The van der Waals surface area contributed by atoms with Crippen LogP contribution in [0.15, 0.2) is 28.7 Å². The van der Waals surface area contributed by atoms with E-state index in [9.17, 15) is 9.59 Å². The van der Waals surface area contributed by atoms with Crippen LogP contribution in [0, 0.1) is 5.92 Å². The Bertz CT molecular complexity index is 550. The van der Waals surface area contributed by atoms with Crippen molar-refractivity contribution in [2.45, 2.75) is 32.1 Å². The molecule has 0 spiro atoms. The molecule has 0 aromatic heterocycles. The maximum absolute atomic E-state index is 12.7. The number of halogens is 1. The SMILES string of the molecule is O=C(C1CC(=O)N(c2ccc(Br)cc2)C1)N1CCCCCC1. The number of hydrogen-bond acceptors (Lipinski definition) is 2. The molecule has 22 heavy (non-hydrogen) atoms. The number of likely N-dealkylation sites (tertiary alicyclic amines) is 1. The van der Waals surface area contributed by atoms with Crippen LogP contribution in [0.25, 0.3) is 0 Å². The van der Waals surface area contributed by atoms with E-state index in [2.05, 4.69) is 15.9 Å². The first kappa shape index (κ1) is 15.5. The third kappa shape index (κ3) is 3.35. The summed E-state index contributed by atoms with van der Waals surface area (Å²) in [5, 5.41) is 0. The van der Waals surface area contributed by atoms with Crippen LogP contribution in [0.5, 0.6) is 0 Å². The summed E-state index contributed by atoms with van der Waals surface area (Å²) in [5.41, 5.74) is 0.874. The fourth-order valence-corrected chi connectivity index (χ4v) is 3.56. The third-order valence-corrected chi connectivity index (χ3v) is 5.06. The van der Waals surface area contributed by atoms with Crippen molar-refractivity contribution < 1.29 is 9.59 Å². The summed E-state index contributed by atoms with van der Waals surface area (Å²) in [7, 11) is 0. The molecule has 1 unspecified atom stereocenters. The summed E-state index contributed by atoms with van der Waals surface area (Å²) in [6, 6.07) is 7.68. The quantitative estimate of drug-likeness (QED) is 0.808. The molecule has 1 aromatic rings. The van der Waals surface area contributed by atoms with Crippen LogP contribution in [-0.4, -0.2) is 36.3 Å². The second-order valence-corrected chi connectivity index (χ2v) is 7.04. The molecule has 118 valence electrons. The van der Waals surface area contributed by atoms with Gasteiger partial charge in [-0.3, -0.25) is 9.59 Å². The van der Waals surface area contributed by atoms with Crippen LogP contribution < -0.4 is 4.90 Å². The summed E-state index contributed by atoms with van der Waals surface area (Å²) in [4.78, 5) is 28.6. The second-order valence-electron chi connectivity index (χ2n) is 6.12. The third-order valence-electron chi connectivity index (χ3n) is 4.53. The Morgan fingerprint density at radius 2 is 1.68 bits per heavy atom. The first-order chi connectivity index (χ1) is 10.6. The van der Waals surface area contributed by atoms with E-state index in [1.807, 2.05) is 29.2 Å². The molecule has 1 atom stereocenters. The van der Waals surface area contributed by atoms with Gasteiger partial charge in [0, 0.05) is 36.2 Å². The summed E-state index contributed by atoms with van der Waals surface area (Å²) in [5.74, 6) is 0.0274. The van der Waals surface area contributed by atoms with Gasteiger partial charge in [0.15, 0.2) is 0 Å². The van der Waals surface area contributed by atoms with Gasteiger partial charge in [-0.25, -0.2) is 0 Å². The fourth-order valence-electron chi connectivity index (χ4n) is 3.29. The number of hydrogen-bond donors (Lipinski definition) is 0. The molecule has 2 heterocycles. The molecule has 0 N–H and O–H groups in total. The number of nitrogens with zero attached hydrogens (tertiary/aromatic N) is 2. The highest BCUT2D eigenvalue weighted by atomic mass is 79.9. The van der Waals surface area contributed by atoms with Crippen molar-refractivity contribution in [3.63, 3.8) is 0 Å². The van der Waals surface area contributed by atoms with Crippen molar-refractivity contribution in [3.8, 4) is 0 Å². The first-order valence-corrected chi connectivity index (χ1v) is 8.79. The molecule has 1 aromatic carbocycles. The molecule has 0 aliphatic carbocycles. The molecule has 0 bridgehead atoms.